The Morgan fingerprint density at radius 2 is 0.489 bits per heavy atom. The average Bonchev–Trinajstić information content (AvgIpc) is 0.885. The zero-order valence-electron chi connectivity index (χ0n) is 56.1. The van der Waals surface area contributed by atoms with Crippen molar-refractivity contribution in [3.05, 3.63) is 180 Å². The van der Waals surface area contributed by atoms with Gasteiger partial charge in [-0.2, -0.15) is 0 Å². The summed E-state index contributed by atoms with van der Waals surface area (Å²) in [5.41, 5.74) is 12.5. The van der Waals surface area contributed by atoms with Gasteiger partial charge >= 0.3 is 0 Å². The van der Waals surface area contributed by atoms with E-state index in [1.807, 2.05) is 0 Å². The zero-order valence-corrected chi connectivity index (χ0v) is 56.1. The van der Waals surface area contributed by atoms with Gasteiger partial charge in [-0.05, 0) is 119 Å². The molecule has 7 aromatic rings. The molecule has 0 bridgehead atoms. The van der Waals surface area contributed by atoms with E-state index in [2.05, 4.69) is 209 Å². The molecule has 4 heteroatoms. The topological polar surface area (TPSA) is 36.9 Å². The average molecular weight is 1210 g/mol. The van der Waals surface area contributed by atoms with E-state index in [1.54, 1.807) is 0 Å². The van der Waals surface area contributed by atoms with Crippen LogP contribution in [0.3, 0.4) is 0 Å². The minimum Gasteiger partial charge on any atom is -0.490 e. The molecule has 478 valence electrons. The van der Waals surface area contributed by atoms with Gasteiger partial charge in [0.2, 0.25) is 0 Å². The van der Waals surface area contributed by atoms with Crippen LogP contribution in [-0.4, -0.2) is 26.4 Å². The summed E-state index contributed by atoms with van der Waals surface area (Å²) >= 11 is 0. The monoisotopic (exact) mass is 1210 g/mol. The molecular weight excluding hydrogens is 1100 g/mol. The highest BCUT2D eigenvalue weighted by Gasteiger charge is 2.15. The molecule has 0 N–H and O–H groups in total. The Morgan fingerprint density at radius 1 is 0.222 bits per heavy atom. The second-order valence-electron chi connectivity index (χ2n) is 24.9. The molecule has 90 heavy (non-hydrogen) atoms. The molecule has 4 nitrogen and oxygen atoms in total. The number of unbranched alkanes of at least 4 members (excludes halogenated alkanes) is 28. The van der Waals surface area contributed by atoms with Gasteiger partial charge in [0.05, 0.1) is 26.4 Å². The molecule has 0 spiro atoms. The van der Waals surface area contributed by atoms with Crippen molar-refractivity contribution < 1.29 is 18.9 Å². The molecular formula is C86H110O4. The first-order valence-electron chi connectivity index (χ1n) is 35.9. The van der Waals surface area contributed by atoms with E-state index in [0.29, 0.717) is 26.4 Å². The highest BCUT2D eigenvalue weighted by atomic mass is 16.5. The van der Waals surface area contributed by atoms with Crippen LogP contribution in [0.1, 0.15) is 255 Å². The van der Waals surface area contributed by atoms with E-state index in [1.165, 1.54) is 202 Å². The Labute approximate surface area is 546 Å². The van der Waals surface area contributed by atoms with Gasteiger partial charge in [-0.25, -0.2) is 0 Å². The summed E-state index contributed by atoms with van der Waals surface area (Å²) in [6.07, 6.45) is 40.2. The van der Waals surface area contributed by atoms with Crippen molar-refractivity contribution in [2.45, 2.75) is 233 Å². The van der Waals surface area contributed by atoms with Crippen LogP contribution in [0.5, 0.6) is 23.0 Å². The summed E-state index contributed by atoms with van der Waals surface area (Å²) in [7, 11) is 0. The van der Waals surface area contributed by atoms with Gasteiger partial charge in [0, 0.05) is 22.3 Å². The van der Waals surface area contributed by atoms with Crippen LogP contribution in [0.25, 0.3) is 44.5 Å². The van der Waals surface area contributed by atoms with Gasteiger partial charge in [-0.1, -0.05) is 340 Å². The van der Waals surface area contributed by atoms with E-state index in [4.69, 9.17) is 18.9 Å². The minimum atomic E-state index is 0.654. The third-order valence-electron chi connectivity index (χ3n) is 17.4. The Morgan fingerprint density at radius 3 is 0.800 bits per heavy atom. The first-order valence-corrected chi connectivity index (χ1v) is 35.9. The second-order valence-corrected chi connectivity index (χ2v) is 24.9. The normalized spacial score (nSPS) is 11.0. The smallest absolute Gasteiger partial charge is 0.162 e. The Balaban J connectivity index is 1.24. The molecule has 0 radical (unpaired) electrons. The second kappa shape index (κ2) is 43.6. The maximum atomic E-state index is 6.63. The number of benzene rings is 7. The molecule has 7 rings (SSSR count). The molecule has 0 saturated heterocycles. The largest absolute Gasteiger partial charge is 0.490 e. The standard InChI is InChI=1S/C86H110O4/c1-5-9-13-17-21-25-29-39-63-87-83-61-49-71(67-85(83)89-65-41-31-27-23-19-15-11-7-3)47-51-79-69-80(52-48-72-50-62-84(88-64-40-30-26-22-18-14-10-6-2)86(68-72)90-66-42-32-28-24-20-16-12-8-4)82(78-59-55-76(56-60-78)74-45-37-34-38-46-74)70-81(79)77-57-53-75(54-58-77)73-43-35-33-36-44-73/h33-38,43-46,49-50,53-62,67-70H,5-32,39-42,63-66H2,1-4H3. The van der Waals surface area contributed by atoms with Crippen molar-refractivity contribution in [3.8, 4) is 91.2 Å². The SMILES string of the molecule is CCCCCCCCCCOc1ccc(C#Cc2cc(C#Cc3ccc(OCCCCCCCCCC)c(OCCCCCCCCCC)c3)c(-c3ccc(-c4ccccc4)cc3)cc2-c2ccc(-c3ccccc3)cc2)cc1OCCCCCCCCCC. The maximum Gasteiger partial charge on any atom is 0.162 e. The summed E-state index contributed by atoms with van der Waals surface area (Å²) in [6, 6.07) is 56.1. The summed E-state index contributed by atoms with van der Waals surface area (Å²) in [6.45, 7) is 11.8. The number of hydrogen-bond acceptors (Lipinski definition) is 4. The van der Waals surface area contributed by atoms with E-state index in [0.717, 1.165) is 93.2 Å². The lowest BCUT2D eigenvalue weighted by Gasteiger charge is -2.14. The Kier molecular flexibility index (Phi) is 34.0. The fraction of sp³-hybridized carbons (Fsp3) is 0.465. The van der Waals surface area contributed by atoms with Crippen LogP contribution in [0.2, 0.25) is 0 Å². The third kappa shape index (κ3) is 26.0. The van der Waals surface area contributed by atoms with Gasteiger partial charge in [0.15, 0.2) is 23.0 Å². The molecule has 0 aliphatic heterocycles. The molecule has 7 aromatic carbocycles. The zero-order chi connectivity index (χ0) is 62.7. The van der Waals surface area contributed by atoms with Gasteiger partial charge in [-0.3, -0.25) is 0 Å². The van der Waals surface area contributed by atoms with E-state index in [9.17, 15) is 0 Å². The lowest BCUT2D eigenvalue weighted by molar-refractivity contribution is 0.258. The van der Waals surface area contributed by atoms with E-state index < -0.39 is 0 Å². The van der Waals surface area contributed by atoms with E-state index >= 15 is 0 Å². The maximum absolute atomic E-state index is 6.63. The summed E-state index contributed by atoms with van der Waals surface area (Å²) < 4.78 is 26.3. The predicted molar refractivity (Wildman–Crippen MR) is 385 cm³/mol. The van der Waals surface area contributed by atoms with Crippen LogP contribution in [-0.2, 0) is 0 Å². The molecule has 0 heterocycles. The molecule has 0 atom stereocenters. The van der Waals surface area contributed by atoms with Gasteiger partial charge < -0.3 is 18.9 Å². The minimum absolute atomic E-state index is 0.654. The van der Waals surface area contributed by atoms with Crippen LogP contribution in [0, 0.1) is 23.7 Å². The van der Waals surface area contributed by atoms with Gasteiger partial charge in [0.25, 0.3) is 0 Å². The van der Waals surface area contributed by atoms with Crippen LogP contribution >= 0.6 is 0 Å². The molecule has 0 saturated carbocycles. The fourth-order valence-electron chi connectivity index (χ4n) is 11.8. The third-order valence-corrected chi connectivity index (χ3v) is 17.4. The van der Waals surface area contributed by atoms with Crippen molar-refractivity contribution in [2.75, 3.05) is 26.4 Å². The molecule has 0 fully saturated rings. The van der Waals surface area contributed by atoms with Gasteiger partial charge in [0.1, 0.15) is 0 Å². The van der Waals surface area contributed by atoms with Crippen molar-refractivity contribution in [3.63, 3.8) is 0 Å². The van der Waals surface area contributed by atoms with Crippen molar-refractivity contribution in [1.82, 2.24) is 0 Å². The Bertz CT molecular complexity index is 2960. The van der Waals surface area contributed by atoms with E-state index in [-0.39, 0.29) is 0 Å². The quantitative estimate of drug-likeness (QED) is 0.0282. The van der Waals surface area contributed by atoms with Crippen LogP contribution < -0.4 is 18.9 Å². The molecule has 0 aromatic heterocycles. The number of hydrogen-bond donors (Lipinski definition) is 0. The summed E-state index contributed by atoms with van der Waals surface area (Å²) in [5.74, 6) is 17.8. The van der Waals surface area contributed by atoms with Crippen molar-refractivity contribution in [1.29, 1.82) is 0 Å². The van der Waals surface area contributed by atoms with Gasteiger partial charge in [-0.15, -0.1) is 0 Å². The lowest BCUT2D eigenvalue weighted by Crippen LogP contribution is -2.03. The fourth-order valence-corrected chi connectivity index (χ4v) is 11.8. The number of ether oxygens (including phenoxy) is 4. The van der Waals surface area contributed by atoms with Crippen LogP contribution in [0.4, 0.5) is 0 Å². The first kappa shape index (κ1) is 70.3. The predicted octanol–water partition coefficient (Wildman–Crippen LogP) is 25.2. The van der Waals surface area contributed by atoms with Crippen molar-refractivity contribution in [2.24, 2.45) is 0 Å². The summed E-state index contributed by atoms with van der Waals surface area (Å²) in [5, 5.41) is 0. The summed E-state index contributed by atoms with van der Waals surface area (Å²) in [4.78, 5) is 0. The first-order chi connectivity index (χ1) is 44.6. The lowest BCUT2D eigenvalue weighted by atomic mass is 9.89. The van der Waals surface area contributed by atoms with Crippen molar-refractivity contribution >= 4 is 0 Å². The molecule has 0 aliphatic rings. The molecule has 0 unspecified atom stereocenters. The highest BCUT2D eigenvalue weighted by molar-refractivity contribution is 5.84. The highest BCUT2D eigenvalue weighted by Crippen LogP contribution is 2.37. The molecule has 0 aliphatic carbocycles. The number of rotatable bonds is 44. The Hall–Kier alpha value is -7.14. The molecule has 0 amide bonds. The van der Waals surface area contributed by atoms with Crippen LogP contribution in [0.15, 0.2) is 158 Å².